The highest BCUT2D eigenvalue weighted by atomic mass is 28.4. The summed E-state index contributed by atoms with van der Waals surface area (Å²) >= 11 is 0. The molecule has 0 aromatic carbocycles. The summed E-state index contributed by atoms with van der Waals surface area (Å²) in [6.07, 6.45) is 17.5. The molecular weight excluding hydrogens is 292 g/mol. The molecule has 0 unspecified atom stereocenters. The van der Waals surface area contributed by atoms with E-state index < -0.39 is 8.80 Å². The van der Waals surface area contributed by atoms with Gasteiger partial charge in [0.1, 0.15) is 0 Å². The molecule has 4 heteroatoms. The van der Waals surface area contributed by atoms with Gasteiger partial charge in [0.25, 0.3) is 0 Å². The lowest BCUT2D eigenvalue weighted by molar-refractivity contribution is -0.0159. The van der Waals surface area contributed by atoms with Crippen molar-refractivity contribution in [1.29, 1.82) is 0 Å². The normalized spacial score (nSPS) is 25.5. The molecule has 0 atom stereocenters. The van der Waals surface area contributed by atoms with E-state index in [2.05, 4.69) is 6.92 Å². The Morgan fingerprint density at radius 2 is 0.955 bits per heavy atom. The zero-order chi connectivity index (χ0) is 15.3. The van der Waals surface area contributed by atoms with E-state index in [4.69, 9.17) is 13.3 Å². The van der Waals surface area contributed by atoms with Crippen molar-refractivity contribution >= 4 is 8.80 Å². The zero-order valence-electron chi connectivity index (χ0n) is 14.4. The van der Waals surface area contributed by atoms with Crippen LogP contribution in [-0.2, 0) is 13.3 Å². The Morgan fingerprint density at radius 1 is 0.636 bits per heavy atom. The van der Waals surface area contributed by atoms with Gasteiger partial charge in [-0.1, -0.05) is 51.9 Å². The van der Waals surface area contributed by atoms with Crippen LogP contribution in [0.3, 0.4) is 0 Å². The highest BCUT2D eigenvalue weighted by molar-refractivity contribution is 6.60. The van der Waals surface area contributed by atoms with E-state index in [1.165, 1.54) is 77.0 Å². The fraction of sp³-hybridized carbons (Fsp3) is 1.00. The summed E-state index contributed by atoms with van der Waals surface area (Å²) < 4.78 is 20.0. The third-order valence-corrected chi connectivity index (χ3v) is 8.69. The standard InChI is InChI=1S/C18H34O3Si/c1-2-15-22(19-16-9-3-4-10-16,20-17-11-5-6-12-17)21-18-13-7-8-14-18/h16-18H,2-15H2,1H3. The van der Waals surface area contributed by atoms with Gasteiger partial charge in [-0.2, -0.15) is 0 Å². The van der Waals surface area contributed by atoms with Gasteiger partial charge in [0.05, 0.1) is 0 Å². The van der Waals surface area contributed by atoms with Gasteiger partial charge >= 0.3 is 8.80 Å². The molecule has 0 amide bonds. The predicted octanol–water partition coefficient (Wildman–Crippen LogP) is 5.21. The molecule has 3 aliphatic carbocycles. The molecule has 0 radical (unpaired) electrons. The van der Waals surface area contributed by atoms with Gasteiger partial charge in [0, 0.05) is 24.4 Å². The van der Waals surface area contributed by atoms with Crippen LogP contribution >= 0.6 is 0 Å². The van der Waals surface area contributed by atoms with E-state index >= 15 is 0 Å². The van der Waals surface area contributed by atoms with Crippen LogP contribution in [0, 0.1) is 0 Å². The van der Waals surface area contributed by atoms with Crippen molar-refractivity contribution in [2.24, 2.45) is 0 Å². The van der Waals surface area contributed by atoms with E-state index in [0.29, 0.717) is 18.3 Å². The molecule has 0 aliphatic heterocycles. The minimum atomic E-state index is -2.49. The van der Waals surface area contributed by atoms with Crippen molar-refractivity contribution < 1.29 is 13.3 Å². The molecule has 0 aromatic heterocycles. The SMILES string of the molecule is CCC[Si](OC1CCCC1)(OC1CCCC1)OC1CCCC1. The van der Waals surface area contributed by atoms with Gasteiger partial charge in [-0.3, -0.25) is 0 Å². The summed E-state index contributed by atoms with van der Waals surface area (Å²) in [5.41, 5.74) is 0. The fourth-order valence-corrected chi connectivity index (χ4v) is 7.71. The largest absolute Gasteiger partial charge is 0.501 e. The monoisotopic (exact) mass is 326 g/mol. The van der Waals surface area contributed by atoms with Crippen molar-refractivity contribution in [2.75, 3.05) is 0 Å². The summed E-state index contributed by atoms with van der Waals surface area (Å²) in [4.78, 5) is 0. The van der Waals surface area contributed by atoms with Crippen molar-refractivity contribution in [1.82, 2.24) is 0 Å². The first-order chi connectivity index (χ1) is 10.8. The van der Waals surface area contributed by atoms with Crippen LogP contribution in [0.15, 0.2) is 0 Å². The molecule has 0 spiro atoms. The van der Waals surface area contributed by atoms with E-state index in [0.717, 1.165) is 12.5 Å². The van der Waals surface area contributed by atoms with E-state index in [-0.39, 0.29) is 0 Å². The lowest BCUT2D eigenvalue weighted by atomic mass is 10.3. The second-order valence-corrected chi connectivity index (χ2v) is 10.1. The highest BCUT2D eigenvalue weighted by Gasteiger charge is 2.47. The molecule has 0 saturated heterocycles. The second kappa shape index (κ2) is 8.27. The maximum absolute atomic E-state index is 6.66. The van der Waals surface area contributed by atoms with E-state index in [1.807, 2.05) is 0 Å². The first-order valence-electron chi connectivity index (χ1n) is 9.83. The Morgan fingerprint density at radius 3 is 1.23 bits per heavy atom. The van der Waals surface area contributed by atoms with Crippen LogP contribution in [0.25, 0.3) is 0 Å². The quantitative estimate of drug-likeness (QED) is 0.573. The minimum absolute atomic E-state index is 0.404. The van der Waals surface area contributed by atoms with Crippen molar-refractivity contribution in [2.45, 2.75) is 115 Å². The van der Waals surface area contributed by atoms with E-state index in [1.54, 1.807) is 0 Å². The van der Waals surface area contributed by atoms with Gasteiger partial charge in [-0.15, -0.1) is 0 Å². The molecular formula is C18H34O3Si. The average molecular weight is 327 g/mol. The molecule has 3 saturated carbocycles. The molecule has 0 N–H and O–H groups in total. The van der Waals surface area contributed by atoms with Gasteiger partial charge in [0.15, 0.2) is 0 Å². The Kier molecular flexibility index (Phi) is 6.37. The molecule has 3 aliphatic rings. The first-order valence-corrected chi connectivity index (χ1v) is 11.8. The van der Waals surface area contributed by atoms with Gasteiger partial charge < -0.3 is 13.3 Å². The Balaban J connectivity index is 1.68. The molecule has 0 aromatic rings. The van der Waals surface area contributed by atoms with E-state index in [9.17, 15) is 0 Å². The minimum Gasteiger partial charge on any atom is -0.370 e. The lowest BCUT2D eigenvalue weighted by Crippen LogP contribution is -2.51. The van der Waals surface area contributed by atoms with Crippen molar-refractivity contribution in [3.05, 3.63) is 0 Å². The molecule has 3 nitrogen and oxygen atoms in total. The van der Waals surface area contributed by atoms with Crippen LogP contribution in [0.2, 0.25) is 6.04 Å². The van der Waals surface area contributed by atoms with Gasteiger partial charge in [-0.25, -0.2) is 0 Å². The highest BCUT2D eigenvalue weighted by Crippen LogP contribution is 2.35. The Hall–Kier alpha value is 0.0969. The summed E-state index contributed by atoms with van der Waals surface area (Å²) in [6.45, 7) is 2.25. The van der Waals surface area contributed by atoms with Crippen LogP contribution in [-0.4, -0.2) is 27.1 Å². The number of hydrogen-bond acceptors (Lipinski definition) is 3. The van der Waals surface area contributed by atoms with Crippen molar-refractivity contribution in [3.63, 3.8) is 0 Å². The summed E-state index contributed by atoms with van der Waals surface area (Å²) in [5, 5.41) is 0. The first kappa shape index (κ1) is 16.9. The maximum Gasteiger partial charge on any atom is 0.501 e. The van der Waals surface area contributed by atoms with Crippen LogP contribution in [0.4, 0.5) is 0 Å². The van der Waals surface area contributed by atoms with Crippen molar-refractivity contribution in [3.8, 4) is 0 Å². The predicted molar refractivity (Wildman–Crippen MR) is 90.9 cm³/mol. The molecule has 0 bridgehead atoms. The maximum atomic E-state index is 6.66. The Labute approximate surface area is 137 Å². The van der Waals surface area contributed by atoms with Crippen LogP contribution in [0.1, 0.15) is 90.4 Å². The Bertz CT molecular complexity index is 273. The van der Waals surface area contributed by atoms with Gasteiger partial charge in [-0.05, 0) is 38.5 Å². The summed E-state index contributed by atoms with van der Waals surface area (Å²) in [7, 11) is -2.49. The summed E-state index contributed by atoms with van der Waals surface area (Å²) in [5.74, 6) is 0. The molecule has 0 heterocycles. The number of rotatable bonds is 8. The molecule has 22 heavy (non-hydrogen) atoms. The molecule has 3 fully saturated rings. The smallest absolute Gasteiger partial charge is 0.370 e. The average Bonchev–Trinajstić information content (AvgIpc) is 3.22. The lowest BCUT2D eigenvalue weighted by Gasteiger charge is -2.36. The molecule has 128 valence electrons. The summed E-state index contributed by atoms with van der Waals surface area (Å²) in [6, 6.07) is 1.01. The third kappa shape index (κ3) is 4.56. The zero-order valence-corrected chi connectivity index (χ0v) is 15.4. The third-order valence-electron chi connectivity index (χ3n) is 5.50. The van der Waals surface area contributed by atoms with Crippen LogP contribution in [0.5, 0.6) is 0 Å². The molecule has 3 rings (SSSR count). The fourth-order valence-electron chi connectivity index (χ4n) is 4.35. The topological polar surface area (TPSA) is 27.7 Å². The number of hydrogen-bond donors (Lipinski definition) is 0. The second-order valence-electron chi connectivity index (χ2n) is 7.51. The van der Waals surface area contributed by atoms with Crippen LogP contribution < -0.4 is 0 Å². The van der Waals surface area contributed by atoms with Gasteiger partial charge in [0.2, 0.25) is 0 Å².